The molecule has 2 rings (SSSR count). The maximum Gasteiger partial charge on any atom is 0.304 e. The third-order valence-electron chi connectivity index (χ3n) is 3.15. The molecule has 0 unspecified atom stereocenters. The fraction of sp³-hybridized carbons (Fsp3) is 0.417. The first kappa shape index (κ1) is 12.2. The Morgan fingerprint density at radius 1 is 1.59 bits per heavy atom. The van der Waals surface area contributed by atoms with E-state index < -0.39 is 17.2 Å². The van der Waals surface area contributed by atoms with Crippen LogP contribution in [0.5, 0.6) is 5.75 Å². The Hall–Kier alpha value is -1.29. The van der Waals surface area contributed by atoms with Gasteiger partial charge in [-0.25, -0.2) is 4.39 Å². The number of benzene rings is 1. The number of halogens is 2. The summed E-state index contributed by atoms with van der Waals surface area (Å²) >= 11 is 5.77. The van der Waals surface area contributed by atoms with Crippen molar-refractivity contribution in [3.8, 4) is 5.75 Å². The van der Waals surface area contributed by atoms with Crippen molar-refractivity contribution in [3.63, 3.8) is 0 Å². The van der Waals surface area contributed by atoms with Crippen molar-refractivity contribution in [2.24, 2.45) is 0 Å². The molecule has 5 heteroatoms. The van der Waals surface area contributed by atoms with E-state index in [0.717, 1.165) is 0 Å². The molecule has 0 bridgehead atoms. The molecule has 1 saturated carbocycles. The van der Waals surface area contributed by atoms with Gasteiger partial charge in [0.05, 0.1) is 18.6 Å². The lowest BCUT2D eigenvalue weighted by Crippen LogP contribution is -2.15. The third kappa shape index (κ3) is 2.22. The van der Waals surface area contributed by atoms with Gasteiger partial charge in [0.2, 0.25) is 0 Å². The molecule has 92 valence electrons. The van der Waals surface area contributed by atoms with E-state index in [0.29, 0.717) is 24.2 Å². The minimum Gasteiger partial charge on any atom is -0.497 e. The van der Waals surface area contributed by atoms with Crippen molar-refractivity contribution in [1.82, 2.24) is 0 Å². The Morgan fingerprint density at radius 2 is 2.24 bits per heavy atom. The summed E-state index contributed by atoms with van der Waals surface area (Å²) in [5.74, 6) is -1.02. The van der Waals surface area contributed by atoms with Crippen molar-refractivity contribution >= 4 is 17.6 Å². The molecule has 1 N–H and O–H groups in total. The number of hydrogen-bond donors (Lipinski definition) is 1. The fourth-order valence-electron chi connectivity index (χ4n) is 2.05. The van der Waals surface area contributed by atoms with E-state index in [1.54, 1.807) is 0 Å². The largest absolute Gasteiger partial charge is 0.497 e. The molecule has 0 aliphatic heterocycles. The van der Waals surface area contributed by atoms with Crippen LogP contribution in [0.4, 0.5) is 4.39 Å². The van der Waals surface area contributed by atoms with E-state index in [-0.39, 0.29) is 11.4 Å². The van der Waals surface area contributed by atoms with Crippen molar-refractivity contribution in [2.75, 3.05) is 7.11 Å². The third-order valence-corrected chi connectivity index (χ3v) is 3.43. The van der Waals surface area contributed by atoms with Gasteiger partial charge >= 0.3 is 5.97 Å². The number of rotatable bonds is 4. The molecule has 0 amide bonds. The van der Waals surface area contributed by atoms with Crippen molar-refractivity contribution in [3.05, 3.63) is 28.5 Å². The van der Waals surface area contributed by atoms with E-state index in [1.165, 1.54) is 19.2 Å². The van der Waals surface area contributed by atoms with E-state index in [1.807, 2.05) is 0 Å². The normalized spacial score (nSPS) is 16.6. The molecule has 3 nitrogen and oxygen atoms in total. The number of methoxy groups -OCH3 is 1. The van der Waals surface area contributed by atoms with E-state index in [2.05, 4.69) is 0 Å². The van der Waals surface area contributed by atoms with Crippen molar-refractivity contribution < 1.29 is 19.0 Å². The summed E-state index contributed by atoms with van der Waals surface area (Å²) in [6, 6.07) is 2.92. The van der Waals surface area contributed by atoms with Crippen LogP contribution >= 0.6 is 11.6 Å². The van der Waals surface area contributed by atoms with Gasteiger partial charge in [-0.3, -0.25) is 4.79 Å². The van der Waals surface area contributed by atoms with Gasteiger partial charge < -0.3 is 9.84 Å². The minimum absolute atomic E-state index is 0.0315. The topological polar surface area (TPSA) is 46.5 Å². The van der Waals surface area contributed by atoms with Crippen LogP contribution in [0, 0.1) is 5.82 Å². The maximum absolute atomic E-state index is 13.9. The molecule has 0 aromatic heterocycles. The smallest absolute Gasteiger partial charge is 0.304 e. The maximum atomic E-state index is 13.9. The first-order chi connectivity index (χ1) is 7.98. The van der Waals surface area contributed by atoms with Crippen LogP contribution in [0.25, 0.3) is 0 Å². The molecule has 1 aromatic rings. The highest BCUT2D eigenvalue weighted by Gasteiger charge is 2.48. The summed E-state index contributed by atoms with van der Waals surface area (Å²) < 4.78 is 18.9. The lowest BCUT2D eigenvalue weighted by Gasteiger charge is -2.16. The number of carboxylic acids is 1. The molecule has 17 heavy (non-hydrogen) atoms. The molecular weight excluding hydrogens is 247 g/mol. The van der Waals surface area contributed by atoms with Crippen LogP contribution in [-0.2, 0) is 10.2 Å². The zero-order valence-electron chi connectivity index (χ0n) is 9.30. The van der Waals surface area contributed by atoms with Gasteiger partial charge in [-0.2, -0.15) is 0 Å². The highest BCUT2D eigenvalue weighted by Crippen LogP contribution is 2.53. The van der Waals surface area contributed by atoms with Gasteiger partial charge in [-0.15, -0.1) is 0 Å². The molecule has 1 fully saturated rings. The second-order valence-corrected chi connectivity index (χ2v) is 4.73. The second kappa shape index (κ2) is 4.18. The number of ether oxygens (including phenoxy) is 1. The van der Waals surface area contributed by atoms with E-state index in [9.17, 15) is 9.18 Å². The zero-order valence-corrected chi connectivity index (χ0v) is 10.1. The van der Waals surface area contributed by atoms with E-state index >= 15 is 0 Å². The summed E-state index contributed by atoms with van der Waals surface area (Å²) in [4.78, 5) is 10.8. The average molecular weight is 259 g/mol. The molecule has 0 saturated heterocycles. The Labute approximate surface area is 103 Å². The monoisotopic (exact) mass is 258 g/mol. The quantitative estimate of drug-likeness (QED) is 0.903. The minimum atomic E-state index is -0.930. The number of carboxylic acid groups (broad SMARTS) is 1. The predicted octanol–water partition coefficient (Wildman–Crippen LogP) is 2.99. The predicted molar refractivity (Wildman–Crippen MR) is 61.1 cm³/mol. The van der Waals surface area contributed by atoms with Gasteiger partial charge in [0.25, 0.3) is 0 Å². The summed E-state index contributed by atoms with van der Waals surface area (Å²) in [6.45, 7) is 0. The summed E-state index contributed by atoms with van der Waals surface area (Å²) in [6.07, 6.45) is 1.26. The zero-order chi connectivity index (χ0) is 12.6. The Balaban J connectivity index is 2.44. The van der Waals surface area contributed by atoms with Crippen LogP contribution in [0.1, 0.15) is 24.8 Å². The van der Waals surface area contributed by atoms with Crippen LogP contribution in [0.15, 0.2) is 12.1 Å². The van der Waals surface area contributed by atoms with Gasteiger partial charge in [0.1, 0.15) is 11.6 Å². The second-order valence-electron chi connectivity index (χ2n) is 4.32. The average Bonchev–Trinajstić information content (AvgIpc) is 3.01. The SMILES string of the molecule is COc1cc(Cl)c(F)c(C2(CC(=O)O)CC2)c1. The van der Waals surface area contributed by atoms with Crippen LogP contribution in [0.3, 0.4) is 0 Å². The lowest BCUT2D eigenvalue weighted by molar-refractivity contribution is -0.137. The summed E-state index contributed by atoms with van der Waals surface area (Å²) in [5.41, 5.74) is -0.252. The summed E-state index contributed by atoms with van der Waals surface area (Å²) in [7, 11) is 1.46. The fourth-order valence-corrected chi connectivity index (χ4v) is 2.26. The molecule has 0 atom stereocenters. The molecule has 1 aliphatic rings. The Kier molecular flexibility index (Phi) is 3.00. The molecule has 0 heterocycles. The standard InChI is InChI=1S/C12H12ClFO3/c1-17-7-4-8(11(14)9(13)5-7)12(2-3-12)6-10(15)16/h4-5H,2-3,6H2,1H3,(H,15,16). The van der Waals surface area contributed by atoms with Gasteiger partial charge in [0, 0.05) is 11.5 Å². The van der Waals surface area contributed by atoms with Gasteiger partial charge in [0.15, 0.2) is 0 Å². The number of carbonyl (C=O) groups is 1. The number of hydrogen-bond acceptors (Lipinski definition) is 2. The molecule has 0 spiro atoms. The van der Waals surface area contributed by atoms with Crippen LogP contribution < -0.4 is 4.74 Å². The van der Waals surface area contributed by atoms with E-state index in [4.69, 9.17) is 21.4 Å². The van der Waals surface area contributed by atoms with Crippen LogP contribution in [0.2, 0.25) is 5.02 Å². The highest BCUT2D eigenvalue weighted by molar-refractivity contribution is 6.31. The van der Waals surface area contributed by atoms with Gasteiger partial charge in [-0.1, -0.05) is 11.6 Å². The van der Waals surface area contributed by atoms with Crippen molar-refractivity contribution in [1.29, 1.82) is 0 Å². The van der Waals surface area contributed by atoms with Crippen molar-refractivity contribution in [2.45, 2.75) is 24.7 Å². The molecule has 0 radical (unpaired) electrons. The lowest BCUT2D eigenvalue weighted by atomic mass is 9.92. The Morgan fingerprint density at radius 3 is 2.71 bits per heavy atom. The number of aliphatic carboxylic acids is 1. The first-order valence-corrected chi connectivity index (χ1v) is 5.61. The summed E-state index contributed by atoms with van der Waals surface area (Å²) in [5, 5.41) is 8.82. The van der Waals surface area contributed by atoms with Crippen LogP contribution in [-0.4, -0.2) is 18.2 Å². The molecule has 1 aromatic carbocycles. The highest BCUT2D eigenvalue weighted by atomic mass is 35.5. The molecular formula is C12H12ClFO3. The Bertz CT molecular complexity index is 469. The first-order valence-electron chi connectivity index (χ1n) is 5.24. The van der Waals surface area contributed by atoms with Gasteiger partial charge in [-0.05, 0) is 24.5 Å². The molecule has 1 aliphatic carbocycles.